The fraction of sp³-hybridized carbons (Fsp3) is 0.950. The second-order valence-corrected chi connectivity index (χ2v) is 9.75. The van der Waals surface area contributed by atoms with E-state index in [1.54, 1.807) is 6.92 Å². The van der Waals surface area contributed by atoms with E-state index in [9.17, 15) is 23.1 Å². The maximum Gasteiger partial charge on any atom is 0.417 e. The molecule has 4 fully saturated rings. The summed E-state index contributed by atoms with van der Waals surface area (Å²) < 4.78 is 41.1. The van der Waals surface area contributed by atoms with Crippen LogP contribution in [0.15, 0.2) is 0 Å². The molecule has 2 unspecified atom stereocenters. The molecule has 0 aromatic carbocycles. The minimum Gasteiger partial charge on any atom is -0.380 e. The molecule has 142 valence electrons. The topological polar surface area (TPSA) is 37.3 Å². The second kappa shape index (κ2) is 5.24. The minimum atomic E-state index is -4.55. The fourth-order valence-corrected chi connectivity index (χ4v) is 7.53. The van der Waals surface area contributed by atoms with Gasteiger partial charge in [0.1, 0.15) is 5.78 Å². The largest absolute Gasteiger partial charge is 0.417 e. The van der Waals surface area contributed by atoms with Crippen molar-refractivity contribution in [1.29, 1.82) is 0 Å². The van der Waals surface area contributed by atoms with Crippen LogP contribution in [0.1, 0.15) is 71.6 Å². The van der Waals surface area contributed by atoms with Gasteiger partial charge in [-0.2, -0.15) is 13.2 Å². The Morgan fingerprint density at radius 1 is 1.00 bits per heavy atom. The Morgan fingerprint density at radius 2 is 1.68 bits per heavy atom. The first kappa shape index (κ1) is 17.8. The van der Waals surface area contributed by atoms with Crippen LogP contribution in [0.4, 0.5) is 13.2 Å². The summed E-state index contributed by atoms with van der Waals surface area (Å²) in [6.07, 6.45) is 1.05. The molecule has 7 atom stereocenters. The van der Waals surface area contributed by atoms with Gasteiger partial charge in [0.05, 0.1) is 0 Å². The third kappa shape index (κ3) is 2.17. The lowest BCUT2D eigenvalue weighted by Crippen LogP contribution is -2.60. The Kier molecular flexibility index (Phi) is 3.73. The maximum atomic E-state index is 13.7. The lowest BCUT2D eigenvalue weighted by Gasteiger charge is -2.61. The number of carbonyl (C=O) groups is 1. The van der Waals surface area contributed by atoms with Crippen LogP contribution in [-0.4, -0.2) is 22.7 Å². The molecule has 0 aromatic rings. The van der Waals surface area contributed by atoms with Crippen molar-refractivity contribution in [1.82, 2.24) is 0 Å². The summed E-state index contributed by atoms with van der Waals surface area (Å²) in [7, 11) is 0. The van der Waals surface area contributed by atoms with Crippen LogP contribution >= 0.6 is 0 Å². The van der Waals surface area contributed by atoms with E-state index in [4.69, 9.17) is 0 Å². The molecule has 4 aliphatic carbocycles. The van der Waals surface area contributed by atoms with Gasteiger partial charge in [0.2, 0.25) is 0 Å². The summed E-state index contributed by atoms with van der Waals surface area (Å²) in [6.45, 7) is 3.97. The zero-order valence-electron chi connectivity index (χ0n) is 15.2. The summed E-state index contributed by atoms with van der Waals surface area (Å²) >= 11 is 0. The number of fused-ring (bicyclic) bond motifs is 5. The standard InChI is InChI=1S/C20H29F3O2/c1-17-8-5-13(24)11-12(17)3-4-14-15(17)6-9-18(2)16(14)7-10-19(18,25)20(21,22)23/h12,14-16,25H,3-11H2,1-2H3/t12?,14-,15-,16+,17+,18+,19?/m1/s1. The Labute approximate surface area is 147 Å². The molecule has 1 N–H and O–H groups in total. The van der Waals surface area contributed by atoms with Crippen molar-refractivity contribution >= 4 is 5.78 Å². The molecular weight excluding hydrogens is 329 g/mol. The van der Waals surface area contributed by atoms with E-state index in [-0.39, 0.29) is 23.7 Å². The van der Waals surface area contributed by atoms with E-state index in [1.807, 2.05) is 0 Å². The van der Waals surface area contributed by atoms with Crippen molar-refractivity contribution < 1.29 is 23.1 Å². The summed E-state index contributed by atoms with van der Waals surface area (Å²) in [5.41, 5.74) is -3.49. The number of hydrogen-bond acceptors (Lipinski definition) is 2. The zero-order chi connectivity index (χ0) is 18.3. The number of Topliss-reactive ketones (excluding diaryl/α,β-unsaturated/α-hetero) is 1. The minimum absolute atomic E-state index is 0.0479. The molecule has 25 heavy (non-hydrogen) atoms. The van der Waals surface area contributed by atoms with Crippen LogP contribution in [0.5, 0.6) is 0 Å². The van der Waals surface area contributed by atoms with Crippen LogP contribution in [-0.2, 0) is 4.79 Å². The highest BCUT2D eigenvalue weighted by molar-refractivity contribution is 5.79. The SMILES string of the molecule is C[C@]12CCC(=O)CC1CC[C@@H]1[C@H]2CC[C@@]2(C)[C@H]1CCC2(O)C(F)(F)F. The molecule has 4 aliphatic rings. The molecule has 0 aliphatic heterocycles. The van der Waals surface area contributed by atoms with Crippen LogP contribution < -0.4 is 0 Å². The highest BCUT2D eigenvalue weighted by Crippen LogP contribution is 2.70. The third-order valence-electron chi connectivity index (χ3n) is 9.10. The van der Waals surface area contributed by atoms with Gasteiger partial charge in [0.15, 0.2) is 5.60 Å². The van der Waals surface area contributed by atoms with Gasteiger partial charge in [-0.25, -0.2) is 0 Å². The zero-order valence-corrected chi connectivity index (χ0v) is 15.2. The normalized spacial score (nSPS) is 53.1. The van der Waals surface area contributed by atoms with Crippen molar-refractivity contribution in [3.63, 3.8) is 0 Å². The van der Waals surface area contributed by atoms with E-state index < -0.39 is 17.2 Å². The Balaban J connectivity index is 1.66. The molecule has 0 aromatic heterocycles. The van der Waals surface area contributed by atoms with E-state index in [1.165, 1.54) is 0 Å². The predicted octanol–water partition coefficient (Wildman–Crippen LogP) is 4.89. The predicted molar refractivity (Wildman–Crippen MR) is 87.7 cm³/mol. The second-order valence-electron chi connectivity index (χ2n) is 9.75. The number of carbonyl (C=O) groups excluding carboxylic acids is 1. The molecule has 0 radical (unpaired) electrons. The van der Waals surface area contributed by atoms with E-state index in [0.29, 0.717) is 43.3 Å². The number of rotatable bonds is 0. The first-order valence-corrected chi connectivity index (χ1v) is 9.84. The molecule has 5 heteroatoms. The molecule has 4 rings (SSSR count). The smallest absolute Gasteiger partial charge is 0.380 e. The highest BCUT2D eigenvalue weighted by Gasteiger charge is 2.72. The molecular formula is C20H29F3O2. The first-order chi connectivity index (χ1) is 11.5. The summed E-state index contributed by atoms with van der Waals surface area (Å²) in [5.74, 6) is 1.39. The van der Waals surface area contributed by atoms with Crippen molar-refractivity contribution in [2.75, 3.05) is 0 Å². The summed E-state index contributed by atoms with van der Waals surface area (Å²) in [4.78, 5) is 11.9. The highest BCUT2D eigenvalue weighted by atomic mass is 19.4. The van der Waals surface area contributed by atoms with Gasteiger partial charge in [-0.1, -0.05) is 13.8 Å². The average Bonchev–Trinajstić information content (AvgIpc) is 2.81. The Hall–Kier alpha value is -0.580. The molecule has 0 bridgehead atoms. The lowest BCUT2D eigenvalue weighted by atomic mass is 9.44. The van der Waals surface area contributed by atoms with Gasteiger partial charge in [-0.3, -0.25) is 4.79 Å². The molecule has 0 spiro atoms. The van der Waals surface area contributed by atoms with Crippen LogP contribution in [0.2, 0.25) is 0 Å². The number of hydrogen-bond donors (Lipinski definition) is 1. The van der Waals surface area contributed by atoms with Gasteiger partial charge in [-0.15, -0.1) is 0 Å². The number of aliphatic hydroxyl groups is 1. The van der Waals surface area contributed by atoms with Crippen molar-refractivity contribution in [2.45, 2.75) is 83.4 Å². The number of halogens is 3. The molecule has 4 saturated carbocycles. The lowest BCUT2D eigenvalue weighted by molar-refractivity contribution is -0.304. The van der Waals surface area contributed by atoms with Crippen LogP contribution in [0, 0.1) is 34.5 Å². The number of alkyl halides is 3. The molecule has 2 nitrogen and oxygen atoms in total. The fourth-order valence-electron chi connectivity index (χ4n) is 7.53. The van der Waals surface area contributed by atoms with Gasteiger partial charge < -0.3 is 5.11 Å². The van der Waals surface area contributed by atoms with Gasteiger partial charge in [0.25, 0.3) is 0 Å². The quantitative estimate of drug-likeness (QED) is 0.669. The van der Waals surface area contributed by atoms with Crippen molar-refractivity contribution in [3.8, 4) is 0 Å². The maximum absolute atomic E-state index is 13.7. The van der Waals surface area contributed by atoms with Crippen molar-refractivity contribution in [3.05, 3.63) is 0 Å². The number of ketones is 1. The summed E-state index contributed by atoms with van der Waals surface area (Å²) in [5, 5.41) is 10.6. The van der Waals surface area contributed by atoms with Gasteiger partial charge in [-0.05, 0) is 74.0 Å². The van der Waals surface area contributed by atoms with Gasteiger partial charge >= 0.3 is 6.18 Å². The van der Waals surface area contributed by atoms with Crippen molar-refractivity contribution in [2.24, 2.45) is 34.5 Å². The van der Waals surface area contributed by atoms with Crippen LogP contribution in [0.25, 0.3) is 0 Å². The third-order valence-corrected chi connectivity index (χ3v) is 9.10. The van der Waals surface area contributed by atoms with Crippen LogP contribution in [0.3, 0.4) is 0 Å². The monoisotopic (exact) mass is 358 g/mol. The van der Waals surface area contributed by atoms with E-state index >= 15 is 0 Å². The average molecular weight is 358 g/mol. The molecule has 0 saturated heterocycles. The Bertz CT molecular complexity index is 588. The van der Waals surface area contributed by atoms with E-state index in [0.717, 1.165) is 25.7 Å². The van der Waals surface area contributed by atoms with E-state index in [2.05, 4.69) is 6.92 Å². The molecule has 0 amide bonds. The summed E-state index contributed by atoms with van der Waals surface area (Å²) in [6, 6.07) is 0. The Morgan fingerprint density at radius 3 is 2.36 bits per heavy atom. The molecule has 0 heterocycles. The van der Waals surface area contributed by atoms with Gasteiger partial charge in [0, 0.05) is 18.3 Å². The first-order valence-electron chi connectivity index (χ1n) is 9.84.